The van der Waals surface area contributed by atoms with E-state index in [4.69, 9.17) is 4.74 Å². The average Bonchev–Trinajstić information content (AvgIpc) is 2.87. The number of rotatable bonds is 2. The van der Waals surface area contributed by atoms with Crippen LogP contribution in [-0.4, -0.2) is 22.4 Å². The third-order valence-corrected chi connectivity index (χ3v) is 2.59. The van der Waals surface area contributed by atoms with E-state index in [0.29, 0.717) is 17.0 Å². The molecule has 0 atom stereocenters. The molecule has 0 aliphatic rings. The molecule has 0 aliphatic carbocycles. The molecule has 6 heteroatoms. The monoisotopic (exact) mass is 245 g/mol. The Morgan fingerprint density at radius 2 is 2.06 bits per heavy atom. The van der Waals surface area contributed by atoms with Crippen molar-refractivity contribution in [2.24, 2.45) is 0 Å². The Kier molecular flexibility index (Phi) is 2.40. The van der Waals surface area contributed by atoms with Gasteiger partial charge in [-0.15, -0.1) is 0 Å². The van der Waals surface area contributed by atoms with Gasteiger partial charge in [0.2, 0.25) is 5.88 Å². The van der Waals surface area contributed by atoms with Crippen LogP contribution < -0.4 is 4.74 Å². The fraction of sp³-hybridized carbons (Fsp3) is 0.0833. The second-order valence-corrected chi connectivity index (χ2v) is 3.68. The molecule has 1 aromatic carbocycles. The molecule has 0 spiro atoms. The normalized spacial score (nSPS) is 10.8. The summed E-state index contributed by atoms with van der Waals surface area (Å²) in [5, 5.41) is 7.12. The van der Waals surface area contributed by atoms with Crippen LogP contribution in [0.25, 0.3) is 22.2 Å². The van der Waals surface area contributed by atoms with Crippen LogP contribution in [0.5, 0.6) is 5.88 Å². The van der Waals surface area contributed by atoms with Gasteiger partial charge in [0, 0.05) is 12.3 Å². The van der Waals surface area contributed by atoms with Crippen molar-refractivity contribution in [3.05, 3.63) is 36.3 Å². The lowest BCUT2D eigenvalue weighted by Crippen LogP contribution is -1.88. The second kappa shape index (κ2) is 4.06. The van der Waals surface area contributed by atoms with Crippen molar-refractivity contribution < 1.29 is 13.8 Å². The van der Waals surface area contributed by atoms with E-state index in [1.807, 2.05) is 0 Å². The Hall–Kier alpha value is -2.50. The van der Waals surface area contributed by atoms with Crippen molar-refractivity contribution in [2.45, 2.75) is 0 Å². The van der Waals surface area contributed by atoms with E-state index < -0.39 is 5.82 Å². The number of halogens is 1. The highest BCUT2D eigenvalue weighted by Crippen LogP contribution is 2.26. The summed E-state index contributed by atoms with van der Waals surface area (Å²) in [5.74, 6) is -0.00851. The second-order valence-electron chi connectivity index (χ2n) is 3.68. The van der Waals surface area contributed by atoms with Crippen LogP contribution in [-0.2, 0) is 0 Å². The largest absolute Gasteiger partial charge is 0.481 e. The Morgan fingerprint density at radius 1 is 1.17 bits per heavy atom. The first-order valence-corrected chi connectivity index (χ1v) is 5.20. The van der Waals surface area contributed by atoms with Gasteiger partial charge in [-0.2, -0.15) is 0 Å². The Morgan fingerprint density at radius 3 is 2.89 bits per heavy atom. The van der Waals surface area contributed by atoms with Gasteiger partial charge in [-0.25, -0.2) is 14.0 Å². The standard InChI is InChI=1S/C12H8FN3O2/c1-17-11-6-7(2-3-14-11)8-4-9(13)12-10(5-8)15-18-16-12/h2-6H,1H3. The molecule has 0 N–H and O–H groups in total. The van der Waals surface area contributed by atoms with Crippen molar-refractivity contribution >= 4 is 11.0 Å². The van der Waals surface area contributed by atoms with Gasteiger partial charge in [0.1, 0.15) is 5.52 Å². The smallest absolute Gasteiger partial charge is 0.213 e. The lowest BCUT2D eigenvalue weighted by atomic mass is 10.1. The highest BCUT2D eigenvalue weighted by Gasteiger charge is 2.10. The molecule has 0 saturated heterocycles. The molecule has 5 nitrogen and oxygen atoms in total. The van der Waals surface area contributed by atoms with E-state index in [0.717, 1.165) is 5.56 Å². The van der Waals surface area contributed by atoms with Crippen LogP contribution in [0.1, 0.15) is 0 Å². The van der Waals surface area contributed by atoms with Gasteiger partial charge in [0.05, 0.1) is 7.11 Å². The van der Waals surface area contributed by atoms with Gasteiger partial charge in [0.25, 0.3) is 0 Å². The average molecular weight is 245 g/mol. The van der Waals surface area contributed by atoms with Crippen molar-refractivity contribution in [2.75, 3.05) is 7.11 Å². The molecule has 0 amide bonds. The fourth-order valence-electron chi connectivity index (χ4n) is 1.72. The summed E-state index contributed by atoms with van der Waals surface area (Å²) in [4.78, 5) is 4.00. The lowest BCUT2D eigenvalue weighted by molar-refractivity contribution is 0.314. The van der Waals surface area contributed by atoms with Crippen LogP contribution in [0, 0.1) is 5.82 Å². The zero-order valence-corrected chi connectivity index (χ0v) is 9.42. The number of hydrogen-bond donors (Lipinski definition) is 0. The van der Waals surface area contributed by atoms with Crippen molar-refractivity contribution in [3.8, 4) is 17.0 Å². The number of methoxy groups -OCH3 is 1. The molecule has 2 aromatic heterocycles. The molecule has 3 rings (SSSR count). The van der Waals surface area contributed by atoms with E-state index in [9.17, 15) is 4.39 Å². The van der Waals surface area contributed by atoms with Crippen LogP contribution >= 0.6 is 0 Å². The van der Waals surface area contributed by atoms with Crippen molar-refractivity contribution in [1.29, 1.82) is 0 Å². The first-order valence-electron chi connectivity index (χ1n) is 5.20. The minimum Gasteiger partial charge on any atom is -0.481 e. The summed E-state index contributed by atoms with van der Waals surface area (Å²) in [6.45, 7) is 0. The van der Waals surface area contributed by atoms with Gasteiger partial charge < -0.3 is 4.74 Å². The third-order valence-electron chi connectivity index (χ3n) is 2.59. The quantitative estimate of drug-likeness (QED) is 0.693. The Labute approximate surface area is 101 Å². The maximum Gasteiger partial charge on any atom is 0.213 e. The fourth-order valence-corrected chi connectivity index (χ4v) is 1.72. The van der Waals surface area contributed by atoms with E-state index in [1.165, 1.54) is 13.2 Å². The summed E-state index contributed by atoms with van der Waals surface area (Å²) in [7, 11) is 1.53. The van der Waals surface area contributed by atoms with Crippen LogP contribution in [0.15, 0.2) is 35.1 Å². The first kappa shape index (κ1) is 10.6. The number of hydrogen-bond acceptors (Lipinski definition) is 5. The number of pyridine rings is 1. The summed E-state index contributed by atoms with van der Waals surface area (Å²) < 4.78 is 23.3. The number of aromatic nitrogens is 3. The first-order chi connectivity index (χ1) is 8.78. The topological polar surface area (TPSA) is 61.0 Å². The molecule has 18 heavy (non-hydrogen) atoms. The molecule has 0 radical (unpaired) electrons. The van der Waals surface area contributed by atoms with Crippen LogP contribution in [0.4, 0.5) is 4.39 Å². The van der Waals surface area contributed by atoms with Gasteiger partial charge in [0.15, 0.2) is 11.3 Å². The molecule has 0 saturated carbocycles. The number of benzene rings is 1. The summed E-state index contributed by atoms with van der Waals surface area (Å²) in [5.41, 5.74) is 1.95. The van der Waals surface area contributed by atoms with Gasteiger partial charge in [-0.1, -0.05) is 0 Å². The zero-order chi connectivity index (χ0) is 12.5. The lowest BCUT2D eigenvalue weighted by Gasteiger charge is -2.03. The van der Waals surface area contributed by atoms with Crippen LogP contribution in [0.2, 0.25) is 0 Å². The van der Waals surface area contributed by atoms with Gasteiger partial charge >= 0.3 is 0 Å². The summed E-state index contributed by atoms with van der Waals surface area (Å²) in [6, 6.07) is 6.55. The van der Waals surface area contributed by atoms with Crippen molar-refractivity contribution in [3.63, 3.8) is 0 Å². The predicted octanol–water partition coefficient (Wildman–Crippen LogP) is 2.43. The third kappa shape index (κ3) is 1.67. The maximum absolute atomic E-state index is 13.7. The molecule has 0 fully saturated rings. The van der Waals surface area contributed by atoms with Gasteiger partial charge in [-0.05, 0) is 39.6 Å². The molecule has 2 heterocycles. The van der Waals surface area contributed by atoms with Crippen molar-refractivity contribution in [1.82, 2.24) is 15.3 Å². The highest BCUT2D eigenvalue weighted by atomic mass is 19.1. The summed E-state index contributed by atoms with van der Waals surface area (Å²) in [6.07, 6.45) is 1.59. The molecule has 3 aromatic rings. The zero-order valence-electron chi connectivity index (χ0n) is 9.42. The molecule has 0 unspecified atom stereocenters. The number of ether oxygens (including phenoxy) is 1. The molecule has 90 valence electrons. The van der Waals surface area contributed by atoms with Gasteiger partial charge in [-0.3, -0.25) is 0 Å². The van der Waals surface area contributed by atoms with E-state index in [2.05, 4.69) is 19.9 Å². The number of nitrogens with zero attached hydrogens (tertiary/aromatic N) is 3. The minimum atomic E-state index is -0.473. The predicted molar refractivity (Wildman–Crippen MR) is 61.5 cm³/mol. The Bertz CT molecular complexity index is 711. The molecular formula is C12H8FN3O2. The van der Waals surface area contributed by atoms with E-state index in [1.54, 1.807) is 24.4 Å². The molecule has 0 bridgehead atoms. The molecule has 0 aliphatic heterocycles. The SMILES string of the molecule is COc1cc(-c2cc(F)c3nonc3c2)ccn1. The highest BCUT2D eigenvalue weighted by molar-refractivity contribution is 5.81. The molecular weight excluding hydrogens is 237 g/mol. The minimum absolute atomic E-state index is 0.125. The maximum atomic E-state index is 13.7. The Balaban J connectivity index is 2.18. The van der Waals surface area contributed by atoms with Crippen LogP contribution in [0.3, 0.4) is 0 Å². The van der Waals surface area contributed by atoms with E-state index in [-0.39, 0.29) is 5.52 Å². The van der Waals surface area contributed by atoms with E-state index >= 15 is 0 Å². The number of fused-ring (bicyclic) bond motifs is 1. The summed E-state index contributed by atoms with van der Waals surface area (Å²) >= 11 is 0.